The molecule has 2 N–H and O–H groups in total. The lowest BCUT2D eigenvalue weighted by molar-refractivity contribution is 0.0946. The van der Waals surface area contributed by atoms with Gasteiger partial charge in [0.1, 0.15) is 5.69 Å². The third-order valence-electron chi connectivity index (χ3n) is 3.94. The van der Waals surface area contributed by atoms with E-state index in [0.717, 1.165) is 18.4 Å². The maximum absolute atomic E-state index is 12.2. The molecular formula is C17H19ClN4O. The lowest BCUT2D eigenvalue weighted by atomic mass is 10.2. The Morgan fingerprint density at radius 2 is 1.91 bits per heavy atom. The molecule has 0 unspecified atom stereocenters. The molecule has 0 aliphatic heterocycles. The third kappa shape index (κ3) is 4.42. The quantitative estimate of drug-likeness (QED) is 0.881. The van der Waals surface area contributed by atoms with Gasteiger partial charge in [-0.05, 0) is 36.6 Å². The molecule has 0 radical (unpaired) electrons. The topological polar surface area (TPSA) is 66.9 Å². The molecule has 1 heterocycles. The van der Waals surface area contributed by atoms with E-state index in [2.05, 4.69) is 20.6 Å². The summed E-state index contributed by atoms with van der Waals surface area (Å²) in [5, 5.41) is 6.83. The fraction of sp³-hybridized carbons (Fsp3) is 0.353. The van der Waals surface area contributed by atoms with Crippen LogP contribution in [-0.2, 0) is 6.54 Å². The van der Waals surface area contributed by atoms with Crippen LogP contribution in [0.15, 0.2) is 36.5 Å². The van der Waals surface area contributed by atoms with Crippen molar-refractivity contribution in [2.45, 2.75) is 38.3 Å². The highest BCUT2D eigenvalue weighted by molar-refractivity contribution is 6.30. The fourth-order valence-electron chi connectivity index (χ4n) is 2.68. The molecular weight excluding hydrogens is 312 g/mol. The van der Waals surface area contributed by atoms with E-state index in [0.29, 0.717) is 29.3 Å². The molecule has 23 heavy (non-hydrogen) atoms. The Hall–Kier alpha value is -2.14. The number of carbonyl (C=O) groups is 1. The molecule has 1 fully saturated rings. The zero-order chi connectivity index (χ0) is 16.1. The lowest BCUT2D eigenvalue weighted by Gasteiger charge is -2.12. The van der Waals surface area contributed by atoms with Crippen LogP contribution < -0.4 is 10.6 Å². The first kappa shape index (κ1) is 15.7. The second-order valence-electron chi connectivity index (χ2n) is 5.70. The van der Waals surface area contributed by atoms with Gasteiger partial charge in [0.2, 0.25) is 5.95 Å². The maximum atomic E-state index is 12.2. The molecule has 120 valence electrons. The van der Waals surface area contributed by atoms with Crippen LogP contribution in [0, 0.1) is 0 Å². The van der Waals surface area contributed by atoms with Gasteiger partial charge in [-0.15, -0.1) is 0 Å². The molecule has 1 amide bonds. The molecule has 1 saturated carbocycles. The largest absolute Gasteiger partial charge is 0.351 e. The van der Waals surface area contributed by atoms with E-state index in [9.17, 15) is 4.79 Å². The van der Waals surface area contributed by atoms with Gasteiger partial charge < -0.3 is 10.6 Å². The zero-order valence-electron chi connectivity index (χ0n) is 12.8. The zero-order valence-corrected chi connectivity index (χ0v) is 13.5. The molecule has 6 heteroatoms. The number of nitrogens with zero attached hydrogens (tertiary/aromatic N) is 2. The number of amides is 1. The number of carbonyl (C=O) groups excluding carboxylic acids is 1. The van der Waals surface area contributed by atoms with Gasteiger partial charge in [-0.25, -0.2) is 9.97 Å². The van der Waals surface area contributed by atoms with Crippen molar-refractivity contribution in [2.24, 2.45) is 0 Å². The third-order valence-corrected chi connectivity index (χ3v) is 4.19. The predicted molar refractivity (Wildman–Crippen MR) is 90.5 cm³/mol. The van der Waals surface area contributed by atoms with E-state index in [4.69, 9.17) is 11.6 Å². The standard InChI is InChI=1S/C17H19ClN4O/c18-13-7-5-12(6-8-13)11-20-16(23)15-9-10-19-17(22-15)21-14-3-1-2-4-14/h5-10,14H,1-4,11H2,(H,20,23)(H,19,21,22). The number of hydrogen-bond acceptors (Lipinski definition) is 4. The minimum absolute atomic E-state index is 0.211. The van der Waals surface area contributed by atoms with Crippen molar-refractivity contribution in [2.75, 3.05) is 5.32 Å². The summed E-state index contributed by atoms with van der Waals surface area (Å²) >= 11 is 5.85. The average Bonchev–Trinajstić information content (AvgIpc) is 3.07. The van der Waals surface area contributed by atoms with Gasteiger partial charge >= 0.3 is 0 Å². The number of anilines is 1. The first-order chi connectivity index (χ1) is 11.2. The lowest BCUT2D eigenvalue weighted by Crippen LogP contribution is -2.25. The minimum atomic E-state index is -0.211. The van der Waals surface area contributed by atoms with Crippen LogP contribution in [0.25, 0.3) is 0 Å². The molecule has 2 aromatic rings. The first-order valence-corrected chi connectivity index (χ1v) is 8.21. The van der Waals surface area contributed by atoms with Crippen molar-refractivity contribution in [3.8, 4) is 0 Å². The van der Waals surface area contributed by atoms with Crippen molar-refractivity contribution in [3.05, 3.63) is 52.8 Å². The highest BCUT2D eigenvalue weighted by Gasteiger charge is 2.16. The Balaban J connectivity index is 1.59. The molecule has 0 bridgehead atoms. The fourth-order valence-corrected chi connectivity index (χ4v) is 2.81. The van der Waals surface area contributed by atoms with Gasteiger partial charge in [0.15, 0.2) is 0 Å². The van der Waals surface area contributed by atoms with Crippen molar-refractivity contribution >= 4 is 23.5 Å². The van der Waals surface area contributed by atoms with Gasteiger partial charge in [0, 0.05) is 23.8 Å². The van der Waals surface area contributed by atoms with E-state index >= 15 is 0 Å². The van der Waals surface area contributed by atoms with Crippen molar-refractivity contribution in [1.82, 2.24) is 15.3 Å². The minimum Gasteiger partial charge on any atom is -0.351 e. The van der Waals surface area contributed by atoms with E-state index in [1.165, 1.54) is 12.8 Å². The van der Waals surface area contributed by atoms with Gasteiger partial charge in [-0.2, -0.15) is 0 Å². The summed E-state index contributed by atoms with van der Waals surface area (Å²) in [5.74, 6) is 0.313. The Bertz CT molecular complexity index is 669. The van der Waals surface area contributed by atoms with Crippen molar-refractivity contribution < 1.29 is 4.79 Å². The maximum Gasteiger partial charge on any atom is 0.270 e. The van der Waals surface area contributed by atoms with Gasteiger partial charge in [-0.1, -0.05) is 36.6 Å². The summed E-state index contributed by atoms with van der Waals surface area (Å²) in [7, 11) is 0. The summed E-state index contributed by atoms with van der Waals surface area (Å²) in [5.41, 5.74) is 1.36. The van der Waals surface area contributed by atoms with Gasteiger partial charge in [0.25, 0.3) is 5.91 Å². The van der Waals surface area contributed by atoms with Crippen molar-refractivity contribution in [1.29, 1.82) is 0 Å². The molecule has 0 spiro atoms. The normalized spacial score (nSPS) is 14.7. The van der Waals surface area contributed by atoms with Gasteiger partial charge in [0.05, 0.1) is 0 Å². The van der Waals surface area contributed by atoms with Gasteiger partial charge in [-0.3, -0.25) is 4.79 Å². The Kier molecular flexibility index (Phi) is 5.08. The Labute approximate surface area is 140 Å². The number of benzene rings is 1. The summed E-state index contributed by atoms with van der Waals surface area (Å²) in [6.07, 6.45) is 6.35. The van der Waals surface area contributed by atoms with Crippen LogP contribution in [0.2, 0.25) is 5.02 Å². The summed E-state index contributed by atoms with van der Waals surface area (Å²) in [4.78, 5) is 20.7. The number of halogens is 1. The van der Waals surface area contributed by atoms with Crippen LogP contribution in [0.5, 0.6) is 0 Å². The first-order valence-electron chi connectivity index (χ1n) is 7.83. The van der Waals surface area contributed by atoms with Crippen molar-refractivity contribution in [3.63, 3.8) is 0 Å². The monoisotopic (exact) mass is 330 g/mol. The molecule has 1 aliphatic carbocycles. The second-order valence-corrected chi connectivity index (χ2v) is 6.14. The van der Waals surface area contributed by atoms with E-state index < -0.39 is 0 Å². The second kappa shape index (κ2) is 7.42. The number of hydrogen-bond donors (Lipinski definition) is 2. The van der Waals surface area contributed by atoms with E-state index in [1.54, 1.807) is 24.4 Å². The molecule has 3 rings (SSSR count). The Morgan fingerprint density at radius 1 is 1.17 bits per heavy atom. The van der Waals surface area contributed by atoms with Crippen LogP contribution >= 0.6 is 11.6 Å². The van der Waals surface area contributed by atoms with Crippen LogP contribution in [-0.4, -0.2) is 21.9 Å². The molecule has 1 aromatic carbocycles. The SMILES string of the molecule is O=C(NCc1ccc(Cl)cc1)c1ccnc(NC2CCCC2)n1. The summed E-state index contributed by atoms with van der Waals surface area (Å²) in [6.45, 7) is 0.436. The molecule has 5 nitrogen and oxygen atoms in total. The van der Waals surface area contributed by atoms with Crippen LogP contribution in [0.3, 0.4) is 0 Å². The van der Waals surface area contributed by atoms with E-state index in [1.807, 2.05) is 12.1 Å². The highest BCUT2D eigenvalue weighted by Crippen LogP contribution is 2.20. The predicted octanol–water partition coefficient (Wildman–Crippen LogP) is 3.41. The molecule has 1 aromatic heterocycles. The molecule has 1 aliphatic rings. The summed E-state index contributed by atoms with van der Waals surface area (Å²) < 4.78 is 0. The smallest absolute Gasteiger partial charge is 0.270 e. The average molecular weight is 331 g/mol. The summed E-state index contributed by atoms with van der Waals surface area (Å²) in [6, 6.07) is 9.42. The molecule has 0 atom stereocenters. The number of aromatic nitrogens is 2. The number of rotatable bonds is 5. The van der Waals surface area contributed by atoms with Crippen LogP contribution in [0.1, 0.15) is 41.7 Å². The highest BCUT2D eigenvalue weighted by atomic mass is 35.5. The number of nitrogens with one attached hydrogen (secondary N) is 2. The Morgan fingerprint density at radius 3 is 2.65 bits per heavy atom. The van der Waals surface area contributed by atoms with E-state index in [-0.39, 0.29) is 5.91 Å². The molecule has 0 saturated heterocycles. The van der Waals surface area contributed by atoms with Crippen LogP contribution in [0.4, 0.5) is 5.95 Å².